The highest BCUT2D eigenvalue weighted by atomic mass is 32.2. The van der Waals surface area contributed by atoms with Crippen LogP contribution in [-0.2, 0) is 0 Å². The quantitative estimate of drug-likeness (QED) is 0.372. The van der Waals surface area contributed by atoms with Gasteiger partial charge in [0.15, 0.2) is 0 Å². The lowest BCUT2D eigenvalue weighted by Gasteiger charge is -2.18. The molecule has 0 radical (unpaired) electrons. The molecule has 1 amide bonds. The molecule has 2 aromatic carbocycles. The minimum Gasteiger partial charge on any atom is -0.380 e. The maximum atomic E-state index is 12.9. The Morgan fingerprint density at radius 1 is 1.28 bits per heavy atom. The number of hydrogen-bond donors (Lipinski definition) is 1. The van der Waals surface area contributed by atoms with Crippen LogP contribution in [0.5, 0.6) is 0 Å². The van der Waals surface area contributed by atoms with Crippen LogP contribution in [0.4, 0.5) is 11.4 Å². The van der Waals surface area contributed by atoms with Crippen LogP contribution in [0.3, 0.4) is 0 Å². The van der Waals surface area contributed by atoms with Crippen molar-refractivity contribution in [2.75, 3.05) is 24.2 Å². The van der Waals surface area contributed by atoms with E-state index >= 15 is 0 Å². The predicted molar refractivity (Wildman–Crippen MR) is 118 cm³/mol. The second kappa shape index (κ2) is 9.78. The summed E-state index contributed by atoms with van der Waals surface area (Å²) in [4.78, 5) is 26.4. The second-order valence-electron chi connectivity index (χ2n) is 7.72. The first-order chi connectivity index (χ1) is 13.9. The van der Waals surface area contributed by atoms with E-state index in [9.17, 15) is 14.9 Å². The van der Waals surface area contributed by atoms with Crippen molar-refractivity contribution in [3.05, 3.63) is 64.2 Å². The summed E-state index contributed by atoms with van der Waals surface area (Å²) in [6.07, 6.45) is 1.85. The van der Waals surface area contributed by atoms with Gasteiger partial charge in [-0.2, -0.15) is 0 Å². The molecule has 1 N–H and O–H groups in total. The molecule has 1 heterocycles. The molecule has 1 unspecified atom stereocenters. The third-order valence-corrected chi connectivity index (χ3v) is 6.07. The Kier molecular flexibility index (Phi) is 7.14. The number of amides is 1. The number of nitro groups is 1. The van der Waals surface area contributed by atoms with E-state index < -0.39 is 4.92 Å². The predicted octanol–water partition coefficient (Wildman–Crippen LogP) is 5.06. The Labute approximate surface area is 175 Å². The van der Waals surface area contributed by atoms with Crippen LogP contribution in [0.1, 0.15) is 37.0 Å². The maximum absolute atomic E-state index is 12.9. The van der Waals surface area contributed by atoms with Gasteiger partial charge in [-0.25, -0.2) is 0 Å². The van der Waals surface area contributed by atoms with Crippen LogP contribution in [0.15, 0.2) is 53.4 Å². The number of nitrogens with one attached hydrogen (secondary N) is 1. The van der Waals surface area contributed by atoms with Gasteiger partial charge < -0.3 is 10.2 Å². The third kappa shape index (κ3) is 5.73. The fourth-order valence-electron chi connectivity index (χ4n) is 3.33. The first-order valence-electron chi connectivity index (χ1n) is 9.96. The molecule has 0 saturated carbocycles. The Hall–Kier alpha value is -2.54. The van der Waals surface area contributed by atoms with Gasteiger partial charge in [-0.15, -0.1) is 11.8 Å². The summed E-state index contributed by atoms with van der Waals surface area (Å²) in [7, 11) is 0. The number of carbonyl (C=O) groups excluding carboxylic acids is 1. The maximum Gasteiger partial charge on any atom is 0.283 e. The summed E-state index contributed by atoms with van der Waals surface area (Å²) < 4.78 is 0. The van der Waals surface area contributed by atoms with E-state index in [-0.39, 0.29) is 17.6 Å². The third-order valence-electron chi connectivity index (χ3n) is 4.98. The van der Waals surface area contributed by atoms with Gasteiger partial charge in [0.1, 0.15) is 0 Å². The molecule has 3 rings (SSSR count). The van der Waals surface area contributed by atoms with Crippen molar-refractivity contribution in [3.8, 4) is 0 Å². The molecule has 1 fully saturated rings. The van der Waals surface area contributed by atoms with Gasteiger partial charge in [-0.3, -0.25) is 14.9 Å². The molecule has 1 atom stereocenters. The summed E-state index contributed by atoms with van der Waals surface area (Å²) in [5, 5.41) is 15.0. The van der Waals surface area contributed by atoms with Crippen LogP contribution >= 0.6 is 11.8 Å². The zero-order valence-electron chi connectivity index (χ0n) is 16.8. The molecule has 1 saturated heterocycles. The van der Waals surface area contributed by atoms with E-state index in [4.69, 9.17) is 0 Å². The number of likely N-dealkylation sites (tertiary alicyclic amines) is 1. The minimum atomic E-state index is -0.391. The molecule has 0 aromatic heterocycles. The lowest BCUT2D eigenvalue weighted by molar-refractivity contribution is -0.387. The Bertz CT molecular complexity index is 858. The largest absolute Gasteiger partial charge is 0.380 e. The highest BCUT2D eigenvalue weighted by Crippen LogP contribution is 2.32. The molecule has 154 valence electrons. The molecule has 0 bridgehead atoms. The summed E-state index contributed by atoms with van der Waals surface area (Å²) in [6, 6.07) is 15.0. The van der Waals surface area contributed by atoms with Gasteiger partial charge in [-0.1, -0.05) is 32.0 Å². The number of hydrogen-bond acceptors (Lipinski definition) is 5. The standard InChI is InChI=1S/C22H27N3O3S/c1-16(2)11-13-29-21-9-8-17(14-20(21)25(27)28)22(26)24-12-10-19(15-24)23-18-6-4-3-5-7-18/h3-9,14,16,19,23H,10-13,15H2,1-2H3. The molecular weight excluding hydrogens is 386 g/mol. The fraction of sp³-hybridized carbons (Fsp3) is 0.409. The Balaban J connectivity index is 1.66. The number of para-hydroxylation sites is 1. The number of nitro benzene ring substituents is 1. The first kappa shape index (κ1) is 21.2. The number of thioether (sulfide) groups is 1. The average Bonchev–Trinajstić information content (AvgIpc) is 3.16. The number of rotatable bonds is 8. The van der Waals surface area contributed by atoms with Crippen molar-refractivity contribution in [1.29, 1.82) is 0 Å². The first-order valence-corrected chi connectivity index (χ1v) is 10.9. The molecule has 0 aliphatic carbocycles. The van der Waals surface area contributed by atoms with E-state index in [0.717, 1.165) is 24.3 Å². The van der Waals surface area contributed by atoms with Crippen LogP contribution in [0.25, 0.3) is 0 Å². The van der Waals surface area contributed by atoms with Crippen molar-refractivity contribution in [3.63, 3.8) is 0 Å². The fourth-order valence-corrected chi connectivity index (χ4v) is 4.59. The molecule has 29 heavy (non-hydrogen) atoms. The number of anilines is 1. The molecule has 1 aliphatic heterocycles. The number of benzene rings is 2. The van der Waals surface area contributed by atoms with E-state index in [1.54, 1.807) is 17.0 Å². The van der Waals surface area contributed by atoms with Gasteiger partial charge in [0.25, 0.3) is 11.6 Å². The van der Waals surface area contributed by atoms with Gasteiger partial charge in [-0.05, 0) is 48.8 Å². The highest BCUT2D eigenvalue weighted by Gasteiger charge is 2.28. The van der Waals surface area contributed by atoms with Crippen molar-refractivity contribution < 1.29 is 9.72 Å². The van der Waals surface area contributed by atoms with Crippen LogP contribution in [0, 0.1) is 16.0 Å². The van der Waals surface area contributed by atoms with E-state index in [0.29, 0.717) is 29.5 Å². The van der Waals surface area contributed by atoms with Crippen LogP contribution < -0.4 is 5.32 Å². The van der Waals surface area contributed by atoms with Crippen LogP contribution in [0.2, 0.25) is 0 Å². The van der Waals surface area contributed by atoms with Gasteiger partial charge in [0.05, 0.1) is 9.82 Å². The normalized spacial score (nSPS) is 16.2. The van der Waals surface area contributed by atoms with Crippen molar-refractivity contribution in [2.24, 2.45) is 5.92 Å². The van der Waals surface area contributed by atoms with Crippen molar-refractivity contribution >= 4 is 29.0 Å². The average molecular weight is 414 g/mol. The van der Waals surface area contributed by atoms with E-state index in [1.807, 2.05) is 30.3 Å². The zero-order valence-corrected chi connectivity index (χ0v) is 17.7. The molecule has 7 heteroatoms. The Morgan fingerprint density at radius 3 is 2.72 bits per heavy atom. The van der Waals surface area contributed by atoms with Crippen molar-refractivity contribution in [2.45, 2.75) is 37.6 Å². The van der Waals surface area contributed by atoms with Gasteiger partial charge >= 0.3 is 0 Å². The highest BCUT2D eigenvalue weighted by molar-refractivity contribution is 7.99. The zero-order chi connectivity index (χ0) is 20.8. The summed E-state index contributed by atoms with van der Waals surface area (Å²) in [6.45, 7) is 5.49. The summed E-state index contributed by atoms with van der Waals surface area (Å²) >= 11 is 1.48. The molecule has 2 aromatic rings. The summed E-state index contributed by atoms with van der Waals surface area (Å²) in [5.41, 5.74) is 1.43. The molecule has 6 nitrogen and oxygen atoms in total. The van der Waals surface area contributed by atoms with Crippen molar-refractivity contribution in [1.82, 2.24) is 4.90 Å². The van der Waals surface area contributed by atoms with Gasteiger partial charge in [0, 0.05) is 36.4 Å². The minimum absolute atomic E-state index is 0.0164. The monoisotopic (exact) mass is 413 g/mol. The SMILES string of the molecule is CC(C)CCSc1ccc(C(=O)N2CCC(Nc3ccccc3)C2)cc1[N+](=O)[O-]. The Morgan fingerprint density at radius 2 is 2.03 bits per heavy atom. The van der Waals surface area contributed by atoms with E-state index in [2.05, 4.69) is 19.2 Å². The lowest BCUT2D eigenvalue weighted by Crippen LogP contribution is -2.31. The smallest absolute Gasteiger partial charge is 0.283 e. The molecule has 1 aliphatic rings. The lowest BCUT2D eigenvalue weighted by atomic mass is 10.1. The van der Waals surface area contributed by atoms with Crippen LogP contribution in [-0.4, -0.2) is 40.6 Å². The topological polar surface area (TPSA) is 75.5 Å². The second-order valence-corrected chi connectivity index (χ2v) is 8.85. The molecule has 0 spiro atoms. The van der Waals surface area contributed by atoms with Gasteiger partial charge in [0.2, 0.25) is 0 Å². The number of nitrogens with zero attached hydrogens (tertiary/aromatic N) is 2. The van der Waals surface area contributed by atoms with E-state index in [1.165, 1.54) is 17.8 Å². The summed E-state index contributed by atoms with van der Waals surface area (Å²) in [5.74, 6) is 1.23. The number of carbonyl (C=O) groups is 1. The molecular formula is C22H27N3O3S.